The molecule has 0 atom stereocenters. The third kappa shape index (κ3) is 1.16. The molecule has 2 heteroatoms. The molecule has 0 aliphatic carbocycles. The summed E-state index contributed by atoms with van der Waals surface area (Å²) in [6, 6.07) is 0. The lowest BCUT2D eigenvalue weighted by molar-refractivity contribution is 1.03. The normalized spacial score (nSPS) is 18.7. The summed E-state index contributed by atoms with van der Waals surface area (Å²) in [4.78, 5) is 0. The molecule has 0 fully saturated rings. The number of hydrogen-bond acceptors (Lipinski definition) is 1. The molecule has 1 heterocycles. The summed E-state index contributed by atoms with van der Waals surface area (Å²) in [5.41, 5.74) is 3.46. The highest BCUT2D eigenvalue weighted by Gasteiger charge is 2.07. The van der Waals surface area contributed by atoms with Crippen LogP contribution in [0, 0.1) is 0 Å². The summed E-state index contributed by atoms with van der Waals surface area (Å²) in [7, 11) is 0. The summed E-state index contributed by atoms with van der Waals surface area (Å²) in [6.07, 6.45) is 1.91. The molecule has 0 amide bonds. The third-order valence-electron chi connectivity index (χ3n) is 1.75. The standard InChI is InChI=1S/C8H10BrN/c1-5-6(2)8(9)4-10-7(5)3/h4,10H,3H2,1-2H3. The smallest absolute Gasteiger partial charge is 0.0368 e. The molecule has 0 bridgehead atoms. The van der Waals surface area contributed by atoms with Crippen molar-refractivity contribution in [2.75, 3.05) is 0 Å². The first kappa shape index (κ1) is 7.61. The molecule has 1 rings (SSSR count). The van der Waals surface area contributed by atoms with Gasteiger partial charge >= 0.3 is 0 Å². The van der Waals surface area contributed by atoms with Crippen LogP contribution in [0.1, 0.15) is 13.8 Å². The number of dihydropyridines is 1. The molecule has 0 unspecified atom stereocenters. The Bertz CT molecular complexity index is 232. The van der Waals surface area contributed by atoms with Gasteiger partial charge in [-0.1, -0.05) is 6.58 Å². The van der Waals surface area contributed by atoms with Gasteiger partial charge in [-0.05, 0) is 40.9 Å². The van der Waals surface area contributed by atoms with E-state index in [4.69, 9.17) is 0 Å². The summed E-state index contributed by atoms with van der Waals surface area (Å²) in [5, 5.41) is 3.05. The van der Waals surface area contributed by atoms with Crippen LogP contribution in [0.4, 0.5) is 0 Å². The maximum atomic E-state index is 3.85. The minimum atomic E-state index is 0.987. The second-order valence-corrected chi connectivity index (χ2v) is 3.22. The van der Waals surface area contributed by atoms with Crippen molar-refractivity contribution in [3.8, 4) is 0 Å². The Morgan fingerprint density at radius 2 is 2.00 bits per heavy atom. The Morgan fingerprint density at radius 3 is 2.50 bits per heavy atom. The molecule has 0 saturated carbocycles. The quantitative estimate of drug-likeness (QED) is 0.633. The van der Waals surface area contributed by atoms with E-state index >= 15 is 0 Å². The van der Waals surface area contributed by atoms with Gasteiger partial charge in [0.2, 0.25) is 0 Å². The first-order chi connectivity index (χ1) is 4.63. The van der Waals surface area contributed by atoms with Crippen LogP contribution in [-0.2, 0) is 0 Å². The van der Waals surface area contributed by atoms with Gasteiger partial charge in [-0.3, -0.25) is 0 Å². The molecular weight excluding hydrogens is 190 g/mol. The average molecular weight is 200 g/mol. The molecule has 0 aromatic heterocycles. The van der Waals surface area contributed by atoms with E-state index in [0.717, 1.165) is 10.2 Å². The van der Waals surface area contributed by atoms with E-state index in [-0.39, 0.29) is 0 Å². The molecule has 1 N–H and O–H groups in total. The first-order valence-electron chi connectivity index (χ1n) is 3.12. The fourth-order valence-electron chi connectivity index (χ4n) is 0.772. The van der Waals surface area contributed by atoms with Crippen molar-refractivity contribution in [1.29, 1.82) is 0 Å². The average Bonchev–Trinajstić information content (AvgIpc) is 1.93. The van der Waals surface area contributed by atoms with Crippen molar-refractivity contribution in [3.05, 3.63) is 34.1 Å². The molecule has 0 aromatic carbocycles. The monoisotopic (exact) mass is 199 g/mol. The van der Waals surface area contributed by atoms with Gasteiger partial charge in [0.15, 0.2) is 0 Å². The molecule has 1 aliphatic heterocycles. The van der Waals surface area contributed by atoms with Gasteiger partial charge in [0, 0.05) is 16.4 Å². The lowest BCUT2D eigenvalue weighted by Crippen LogP contribution is -2.11. The zero-order valence-electron chi connectivity index (χ0n) is 6.16. The topological polar surface area (TPSA) is 12.0 Å². The number of rotatable bonds is 0. The van der Waals surface area contributed by atoms with E-state index in [2.05, 4.69) is 41.7 Å². The molecule has 0 saturated heterocycles. The third-order valence-corrected chi connectivity index (χ3v) is 2.57. The second kappa shape index (κ2) is 2.62. The second-order valence-electron chi connectivity index (χ2n) is 2.37. The number of allylic oxidation sites excluding steroid dienone is 3. The van der Waals surface area contributed by atoms with Crippen LogP contribution in [0.2, 0.25) is 0 Å². The van der Waals surface area contributed by atoms with E-state index in [1.165, 1.54) is 11.1 Å². The molecule has 0 aromatic rings. The summed E-state index contributed by atoms with van der Waals surface area (Å²) in [5.74, 6) is 0. The molecule has 1 nitrogen and oxygen atoms in total. The van der Waals surface area contributed by atoms with Gasteiger partial charge in [-0.25, -0.2) is 0 Å². The maximum Gasteiger partial charge on any atom is 0.0368 e. The molecular formula is C8H10BrN. The Kier molecular flexibility index (Phi) is 2.00. The highest BCUT2D eigenvalue weighted by molar-refractivity contribution is 9.12. The van der Waals surface area contributed by atoms with Crippen LogP contribution >= 0.6 is 15.9 Å². The highest BCUT2D eigenvalue weighted by atomic mass is 79.9. The molecule has 0 radical (unpaired) electrons. The van der Waals surface area contributed by atoms with Crippen molar-refractivity contribution < 1.29 is 0 Å². The predicted octanol–water partition coefficient (Wildman–Crippen LogP) is 2.68. The van der Waals surface area contributed by atoms with Crippen LogP contribution < -0.4 is 5.32 Å². The maximum absolute atomic E-state index is 3.85. The molecule has 0 spiro atoms. The Labute approximate surface area is 69.6 Å². The zero-order chi connectivity index (χ0) is 7.72. The van der Waals surface area contributed by atoms with Crippen molar-refractivity contribution in [2.24, 2.45) is 0 Å². The Morgan fingerprint density at radius 1 is 1.40 bits per heavy atom. The molecule has 10 heavy (non-hydrogen) atoms. The first-order valence-corrected chi connectivity index (χ1v) is 3.91. The fourth-order valence-corrected chi connectivity index (χ4v) is 1.18. The van der Waals surface area contributed by atoms with Crippen LogP contribution in [0.5, 0.6) is 0 Å². The fraction of sp³-hybridized carbons (Fsp3) is 0.250. The molecule has 54 valence electrons. The predicted molar refractivity (Wildman–Crippen MR) is 47.7 cm³/mol. The SMILES string of the molecule is C=C1NC=C(Br)C(C)=C1C. The number of nitrogens with one attached hydrogen (secondary N) is 1. The van der Waals surface area contributed by atoms with Crippen LogP contribution in [0.3, 0.4) is 0 Å². The van der Waals surface area contributed by atoms with Gasteiger partial charge in [0.1, 0.15) is 0 Å². The highest BCUT2D eigenvalue weighted by Crippen LogP contribution is 2.25. The number of hydrogen-bond donors (Lipinski definition) is 1. The summed E-state index contributed by atoms with van der Waals surface area (Å²) in [6.45, 7) is 7.97. The lowest BCUT2D eigenvalue weighted by Gasteiger charge is -2.16. The Balaban J connectivity index is 3.06. The van der Waals surface area contributed by atoms with Crippen molar-refractivity contribution in [1.82, 2.24) is 5.32 Å². The van der Waals surface area contributed by atoms with E-state index < -0.39 is 0 Å². The van der Waals surface area contributed by atoms with Crippen molar-refractivity contribution in [3.63, 3.8) is 0 Å². The summed E-state index contributed by atoms with van der Waals surface area (Å²) >= 11 is 3.42. The van der Waals surface area contributed by atoms with E-state index in [1.807, 2.05) is 6.20 Å². The van der Waals surface area contributed by atoms with Crippen molar-refractivity contribution >= 4 is 15.9 Å². The summed E-state index contributed by atoms with van der Waals surface area (Å²) < 4.78 is 1.11. The Hall–Kier alpha value is -0.500. The van der Waals surface area contributed by atoms with Gasteiger partial charge in [-0.2, -0.15) is 0 Å². The van der Waals surface area contributed by atoms with E-state index in [9.17, 15) is 0 Å². The number of halogens is 1. The van der Waals surface area contributed by atoms with E-state index in [0.29, 0.717) is 0 Å². The van der Waals surface area contributed by atoms with Gasteiger partial charge in [0.25, 0.3) is 0 Å². The minimum absolute atomic E-state index is 0.987. The van der Waals surface area contributed by atoms with E-state index in [1.54, 1.807) is 0 Å². The van der Waals surface area contributed by atoms with Crippen LogP contribution in [0.25, 0.3) is 0 Å². The van der Waals surface area contributed by atoms with Gasteiger partial charge < -0.3 is 5.32 Å². The largest absolute Gasteiger partial charge is 0.361 e. The van der Waals surface area contributed by atoms with Crippen LogP contribution in [-0.4, -0.2) is 0 Å². The minimum Gasteiger partial charge on any atom is -0.361 e. The molecule has 1 aliphatic rings. The van der Waals surface area contributed by atoms with Crippen molar-refractivity contribution in [2.45, 2.75) is 13.8 Å². The zero-order valence-corrected chi connectivity index (χ0v) is 7.75. The van der Waals surface area contributed by atoms with Crippen LogP contribution in [0.15, 0.2) is 34.1 Å². The lowest BCUT2D eigenvalue weighted by atomic mass is 10.1. The van der Waals surface area contributed by atoms with Gasteiger partial charge in [0.05, 0.1) is 0 Å². The van der Waals surface area contributed by atoms with Gasteiger partial charge in [-0.15, -0.1) is 0 Å².